The summed E-state index contributed by atoms with van der Waals surface area (Å²) in [6, 6.07) is 3.58. The van der Waals surface area contributed by atoms with Gasteiger partial charge in [-0.2, -0.15) is 13.2 Å². The molecule has 0 spiro atoms. The lowest BCUT2D eigenvalue weighted by Crippen LogP contribution is -2.36. The van der Waals surface area contributed by atoms with Crippen molar-refractivity contribution in [2.75, 3.05) is 6.54 Å². The van der Waals surface area contributed by atoms with E-state index in [0.717, 1.165) is 24.3 Å². The van der Waals surface area contributed by atoms with Gasteiger partial charge in [-0.1, -0.05) is 0 Å². The summed E-state index contributed by atoms with van der Waals surface area (Å²) in [6.07, 6.45) is -6.31. The Bertz CT molecular complexity index is 702. The van der Waals surface area contributed by atoms with Crippen molar-refractivity contribution in [1.29, 1.82) is 0 Å². The van der Waals surface area contributed by atoms with Gasteiger partial charge < -0.3 is 5.11 Å². The lowest BCUT2D eigenvalue weighted by atomic mass is 10.0. The number of carboxylic acid groups (broad SMARTS) is 1. The van der Waals surface area contributed by atoms with Crippen LogP contribution in [0.25, 0.3) is 0 Å². The molecule has 1 atom stereocenters. The molecule has 0 aliphatic carbocycles. The van der Waals surface area contributed by atoms with Crippen molar-refractivity contribution >= 4 is 21.7 Å². The van der Waals surface area contributed by atoms with Crippen molar-refractivity contribution in [2.24, 2.45) is 5.92 Å². The van der Waals surface area contributed by atoms with Crippen LogP contribution in [0.15, 0.2) is 29.2 Å². The van der Waals surface area contributed by atoms with E-state index >= 15 is 0 Å². The summed E-state index contributed by atoms with van der Waals surface area (Å²) in [6.45, 7) is -1.03. The van der Waals surface area contributed by atoms with Gasteiger partial charge in [0, 0.05) is 25.1 Å². The number of rotatable bonds is 8. The fourth-order valence-corrected chi connectivity index (χ4v) is 2.80. The molecule has 0 fully saturated rings. The molecule has 0 radical (unpaired) electrons. The van der Waals surface area contributed by atoms with Gasteiger partial charge in [0.05, 0.1) is 15.7 Å². The molecule has 0 amide bonds. The van der Waals surface area contributed by atoms with Gasteiger partial charge in [-0.15, -0.1) is 0 Å². The van der Waals surface area contributed by atoms with Crippen molar-refractivity contribution in [3.63, 3.8) is 0 Å². The summed E-state index contributed by atoms with van der Waals surface area (Å²) >= 11 is 0. The molecule has 0 saturated heterocycles. The van der Waals surface area contributed by atoms with E-state index in [1.54, 1.807) is 4.72 Å². The zero-order valence-electron chi connectivity index (χ0n) is 12.0. The standard InChI is InChI=1S/C12H13F3N2O6S/c13-12(14,15)8(1-6-11(18)19)7-16-24(22,23)10-4-2-9(3-5-10)17(20)21/h2-5,8,16H,1,6-7H2,(H,18,19)/t8-/m1/s1. The Morgan fingerprint density at radius 2 is 1.83 bits per heavy atom. The molecule has 1 aromatic rings. The van der Waals surface area contributed by atoms with E-state index in [-0.39, 0.29) is 5.69 Å². The van der Waals surface area contributed by atoms with Gasteiger partial charge in [0.25, 0.3) is 5.69 Å². The molecule has 2 N–H and O–H groups in total. The Hall–Kier alpha value is -2.21. The summed E-state index contributed by atoms with van der Waals surface area (Å²) < 4.78 is 63.9. The molecule has 1 aromatic carbocycles. The number of sulfonamides is 1. The van der Waals surface area contributed by atoms with E-state index in [9.17, 15) is 36.5 Å². The van der Waals surface area contributed by atoms with Gasteiger partial charge in [0.1, 0.15) is 0 Å². The molecule has 0 aromatic heterocycles. The Balaban J connectivity index is 2.84. The van der Waals surface area contributed by atoms with Crippen LogP contribution in [0.1, 0.15) is 12.8 Å². The fraction of sp³-hybridized carbons (Fsp3) is 0.417. The quantitative estimate of drug-likeness (QED) is 0.532. The highest BCUT2D eigenvalue weighted by Crippen LogP contribution is 2.29. The maximum absolute atomic E-state index is 12.8. The van der Waals surface area contributed by atoms with Crippen LogP contribution in [0, 0.1) is 16.0 Å². The van der Waals surface area contributed by atoms with Gasteiger partial charge in [-0.05, 0) is 18.6 Å². The average molecular weight is 370 g/mol. The second kappa shape index (κ2) is 7.57. The summed E-state index contributed by atoms with van der Waals surface area (Å²) in [5, 5.41) is 18.9. The SMILES string of the molecule is O=C(O)CC[C@H](CNS(=O)(=O)c1ccc([N+](=O)[O-])cc1)C(F)(F)F. The minimum Gasteiger partial charge on any atom is -0.481 e. The molecule has 0 heterocycles. The van der Waals surface area contributed by atoms with Crippen LogP contribution < -0.4 is 4.72 Å². The number of nitro benzene ring substituents is 1. The van der Waals surface area contributed by atoms with Gasteiger partial charge in [-0.3, -0.25) is 14.9 Å². The van der Waals surface area contributed by atoms with Crippen LogP contribution in [-0.4, -0.2) is 37.1 Å². The number of non-ortho nitro benzene ring substituents is 1. The minimum absolute atomic E-state index is 0.372. The number of halogens is 3. The first-order chi connectivity index (χ1) is 10.9. The van der Waals surface area contributed by atoms with Crippen molar-refractivity contribution in [2.45, 2.75) is 23.9 Å². The molecule has 0 aliphatic heterocycles. The zero-order valence-corrected chi connectivity index (χ0v) is 12.8. The van der Waals surface area contributed by atoms with Gasteiger partial charge in [0.2, 0.25) is 10.0 Å². The number of hydrogen-bond donors (Lipinski definition) is 2. The van der Waals surface area contributed by atoms with Crippen LogP contribution in [0.5, 0.6) is 0 Å². The van der Waals surface area contributed by atoms with Crippen molar-refractivity contribution < 1.29 is 36.4 Å². The topological polar surface area (TPSA) is 127 Å². The molecular formula is C12H13F3N2O6S. The molecule has 0 aliphatic rings. The molecule has 8 nitrogen and oxygen atoms in total. The van der Waals surface area contributed by atoms with E-state index in [0.29, 0.717) is 0 Å². The monoisotopic (exact) mass is 370 g/mol. The lowest BCUT2D eigenvalue weighted by molar-refractivity contribution is -0.384. The molecule has 1 rings (SSSR count). The molecule has 0 unspecified atom stereocenters. The first-order valence-corrected chi connectivity index (χ1v) is 7.94. The Kier molecular flexibility index (Phi) is 6.26. The predicted molar refractivity (Wildman–Crippen MR) is 74.7 cm³/mol. The van der Waals surface area contributed by atoms with Crippen molar-refractivity contribution in [1.82, 2.24) is 4.72 Å². The normalized spacial score (nSPS) is 13.5. The zero-order chi connectivity index (χ0) is 18.5. The van der Waals surface area contributed by atoms with Crippen molar-refractivity contribution in [3.05, 3.63) is 34.4 Å². The van der Waals surface area contributed by atoms with E-state index < -0.39 is 57.3 Å². The van der Waals surface area contributed by atoms with Gasteiger partial charge in [0.15, 0.2) is 0 Å². The molecule has 24 heavy (non-hydrogen) atoms. The maximum Gasteiger partial charge on any atom is 0.393 e. The Morgan fingerprint density at radius 1 is 1.29 bits per heavy atom. The number of nitro groups is 1. The third-order valence-electron chi connectivity index (χ3n) is 3.05. The molecule has 0 bridgehead atoms. The number of alkyl halides is 3. The summed E-state index contributed by atoms with van der Waals surface area (Å²) in [4.78, 5) is 19.7. The third-order valence-corrected chi connectivity index (χ3v) is 4.49. The number of nitrogens with one attached hydrogen (secondary N) is 1. The van der Waals surface area contributed by atoms with Crippen LogP contribution in [-0.2, 0) is 14.8 Å². The smallest absolute Gasteiger partial charge is 0.393 e. The average Bonchev–Trinajstić information content (AvgIpc) is 2.45. The van der Waals surface area contributed by atoms with Gasteiger partial charge in [-0.25, -0.2) is 13.1 Å². The highest BCUT2D eigenvalue weighted by molar-refractivity contribution is 7.89. The largest absolute Gasteiger partial charge is 0.481 e. The summed E-state index contributed by atoms with van der Waals surface area (Å²) in [5.74, 6) is -3.59. The highest BCUT2D eigenvalue weighted by Gasteiger charge is 2.40. The second-order valence-corrected chi connectivity index (χ2v) is 6.54. The van der Waals surface area contributed by atoms with Crippen molar-refractivity contribution in [3.8, 4) is 0 Å². The van der Waals surface area contributed by atoms with Crippen LogP contribution in [0.4, 0.5) is 18.9 Å². The number of nitrogens with zero attached hydrogens (tertiary/aromatic N) is 1. The summed E-state index contributed by atoms with van der Waals surface area (Å²) in [5.41, 5.74) is -0.372. The number of aliphatic carboxylic acids is 1. The number of carbonyl (C=O) groups is 1. The highest BCUT2D eigenvalue weighted by atomic mass is 32.2. The minimum atomic E-state index is -4.77. The maximum atomic E-state index is 12.8. The third kappa shape index (κ3) is 5.77. The molecular weight excluding hydrogens is 357 g/mol. The first-order valence-electron chi connectivity index (χ1n) is 6.46. The van der Waals surface area contributed by atoms with E-state index in [1.807, 2.05) is 0 Å². The van der Waals surface area contributed by atoms with Crippen LogP contribution in [0.2, 0.25) is 0 Å². The Labute approximate surface area is 134 Å². The van der Waals surface area contributed by atoms with Crippen LogP contribution in [0.3, 0.4) is 0 Å². The van der Waals surface area contributed by atoms with E-state index in [1.165, 1.54) is 0 Å². The Morgan fingerprint density at radius 3 is 2.25 bits per heavy atom. The summed E-state index contributed by atoms with van der Waals surface area (Å²) in [7, 11) is -4.32. The second-order valence-electron chi connectivity index (χ2n) is 4.77. The van der Waals surface area contributed by atoms with E-state index in [2.05, 4.69) is 0 Å². The number of benzene rings is 1. The number of carboxylic acids is 1. The van der Waals surface area contributed by atoms with E-state index in [4.69, 9.17) is 5.11 Å². The molecule has 12 heteroatoms. The first kappa shape index (κ1) is 19.8. The fourth-order valence-electron chi connectivity index (χ4n) is 1.72. The molecule has 134 valence electrons. The molecule has 0 saturated carbocycles. The number of hydrogen-bond acceptors (Lipinski definition) is 5. The lowest BCUT2D eigenvalue weighted by Gasteiger charge is -2.20. The van der Waals surface area contributed by atoms with Crippen LogP contribution >= 0.6 is 0 Å². The van der Waals surface area contributed by atoms with Gasteiger partial charge >= 0.3 is 12.1 Å². The predicted octanol–water partition coefficient (Wildman–Crippen LogP) is 1.92.